The van der Waals surface area contributed by atoms with Crippen LogP contribution in [0.15, 0.2) is 48.5 Å². The van der Waals surface area contributed by atoms with Crippen LogP contribution in [-0.4, -0.2) is 23.7 Å². The molecular formula is C17H15ClO5. The number of carbonyl (C=O) groups is 2. The molecule has 1 N–H and O–H groups in total. The van der Waals surface area contributed by atoms with Crippen LogP contribution in [0.25, 0.3) is 0 Å². The monoisotopic (exact) mass is 334 g/mol. The van der Waals surface area contributed by atoms with Gasteiger partial charge in [-0.25, -0.2) is 0 Å². The first-order valence-electron chi connectivity index (χ1n) is 6.94. The van der Waals surface area contributed by atoms with Crippen molar-refractivity contribution in [2.45, 2.75) is 12.8 Å². The van der Waals surface area contributed by atoms with Gasteiger partial charge in [0.2, 0.25) is 0 Å². The third-order valence-corrected chi connectivity index (χ3v) is 3.28. The normalized spacial score (nSPS) is 11.6. The molecule has 0 saturated heterocycles. The molecule has 6 heteroatoms. The molecule has 0 aliphatic rings. The number of esters is 1. The molecule has 2 aromatic rings. The fraction of sp³-hybridized carbons (Fsp3) is 0.176. The third-order valence-electron chi connectivity index (χ3n) is 3.03. The van der Waals surface area contributed by atoms with E-state index in [0.717, 1.165) is 0 Å². The lowest BCUT2D eigenvalue weighted by molar-refractivity contribution is -0.153. The Morgan fingerprint density at radius 3 is 2.04 bits per heavy atom. The highest BCUT2D eigenvalue weighted by atomic mass is 35.5. The molecule has 2 aromatic carbocycles. The minimum atomic E-state index is -1.35. The van der Waals surface area contributed by atoms with E-state index in [-0.39, 0.29) is 6.61 Å². The van der Waals surface area contributed by atoms with Crippen LogP contribution in [0.5, 0.6) is 11.5 Å². The first-order chi connectivity index (χ1) is 11.0. The van der Waals surface area contributed by atoms with Gasteiger partial charge in [-0.15, -0.1) is 0 Å². The van der Waals surface area contributed by atoms with Gasteiger partial charge in [-0.3, -0.25) is 9.59 Å². The summed E-state index contributed by atoms with van der Waals surface area (Å²) in [4.78, 5) is 23.0. The van der Waals surface area contributed by atoms with Crippen LogP contribution in [0.3, 0.4) is 0 Å². The first kappa shape index (κ1) is 16.8. The summed E-state index contributed by atoms with van der Waals surface area (Å²) >= 11 is 5.80. The molecule has 120 valence electrons. The van der Waals surface area contributed by atoms with E-state index in [0.29, 0.717) is 22.1 Å². The fourth-order valence-corrected chi connectivity index (χ4v) is 2.10. The van der Waals surface area contributed by atoms with Gasteiger partial charge in [0.1, 0.15) is 11.5 Å². The number of rotatable bonds is 6. The number of carbonyl (C=O) groups excluding carboxylic acids is 1. The molecule has 0 aliphatic heterocycles. The van der Waals surface area contributed by atoms with Gasteiger partial charge >= 0.3 is 11.9 Å². The predicted molar refractivity (Wildman–Crippen MR) is 85.0 cm³/mol. The predicted octanol–water partition coefficient (Wildman–Crippen LogP) is 3.86. The van der Waals surface area contributed by atoms with Crippen molar-refractivity contribution in [3.63, 3.8) is 0 Å². The van der Waals surface area contributed by atoms with Crippen molar-refractivity contribution in [2.75, 3.05) is 6.61 Å². The number of hydrogen-bond acceptors (Lipinski definition) is 4. The van der Waals surface area contributed by atoms with E-state index >= 15 is 0 Å². The van der Waals surface area contributed by atoms with Gasteiger partial charge in [0.15, 0.2) is 5.92 Å². The minimum Gasteiger partial charge on any atom is -0.480 e. The van der Waals surface area contributed by atoms with E-state index in [1.54, 1.807) is 43.3 Å². The number of carboxylic acid groups (broad SMARTS) is 1. The Labute approximate surface area is 138 Å². The Hall–Kier alpha value is -2.53. The maximum atomic E-state index is 11.7. The highest BCUT2D eigenvalue weighted by molar-refractivity contribution is 6.30. The van der Waals surface area contributed by atoms with Gasteiger partial charge in [0.25, 0.3) is 0 Å². The summed E-state index contributed by atoms with van der Waals surface area (Å²) in [6, 6.07) is 13.1. The van der Waals surface area contributed by atoms with Crippen molar-refractivity contribution in [3.8, 4) is 11.5 Å². The highest BCUT2D eigenvalue weighted by Gasteiger charge is 2.29. The molecule has 0 spiro atoms. The number of aliphatic carboxylic acids is 1. The maximum absolute atomic E-state index is 11.7. The van der Waals surface area contributed by atoms with Crippen LogP contribution >= 0.6 is 11.6 Å². The number of hydrogen-bond donors (Lipinski definition) is 1. The summed E-state index contributed by atoms with van der Waals surface area (Å²) in [5.41, 5.74) is 0.333. The quantitative estimate of drug-likeness (QED) is 0.641. The lowest BCUT2D eigenvalue weighted by atomic mass is 9.99. The number of ether oxygens (including phenoxy) is 2. The second-order valence-corrected chi connectivity index (χ2v) is 5.08. The molecule has 0 aromatic heterocycles. The van der Waals surface area contributed by atoms with Crippen LogP contribution < -0.4 is 4.74 Å². The van der Waals surface area contributed by atoms with Gasteiger partial charge in [0.05, 0.1) is 6.61 Å². The van der Waals surface area contributed by atoms with E-state index in [1.807, 2.05) is 0 Å². The summed E-state index contributed by atoms with van der Waals surface area (Å²) in [7, 11) is 0. The molecule has 1 unspecified atom stereocenters. The van der Waals surface area contributed by atoms with E-state index in [1.165, 1.54) is 12.1 Å². The highest BCUT2D eigenvalue weighted by Crippen LogP contribution is 2.26. The van der Waals surface area contributed by atoms with Gasteiger partial charge < -0.3 is 14.6 Å². The van der Waals surface area contributed by atoms with E-state index < -0.39 is 17.9 Å². The fourth-order valence-electron chi connectivity index (χ4n) is 1.97. The summed E-state index contributed by atoms with van der Waals surface area (Å²) in [5, 5.41) is 9.81. The average Bonchev–Trinajstić information content (AvgIpc) is 2.51. The molecule has 5 nitrogen and oxygen atoms in total. The topological polar surface area (TPSA) is 72.8 Å². The zero-order valence-corrected chi connectivity index (χ0v) is 13.1. The average molecular weight is 335 g/mol. The molecule has 0 bridgehead atoms. The van der Waals surface area contributed by atoms with Crippen LogP contribution in [0.1, 0.15) is 18.4 Å². The summed E-state index contributed by atoms with van der Waals surface area (Å²) < 4.78 is 10.4. The molecule has 0 heterocycles. The van der Waals surface area contributed by atoms with E-state index in [2.05, 4.69) is 0 Å². The van der Waals surface area contributed by atoms with Crippen molar-refractivity contribution in [2.24, 2.45) is 0 Å². The van der Waals surface area contributed by atoms with Gasteiger partial charge in [0, 0.05) is 5.02 Å². The SMILES string of the molecule is CCOC(=O)C(C(=O)O)c1ccc(Oc2ccc(Cl)cc2)cc1. The summed E-state index contributed by atoms with van der Waals surface area (Å²) in [6.07, 6.45) is 0. The van der Waals surface area contributed by atoms with Gasteiger partial charge in [-0.05, 0) is 48.9 Å². The van der Waals surface area contributed by atoms with Gasteiger partial charge in [-0.2, -0.15) is 0 Å². The van der Waals surface area contributed by atoms with Crippen LogP contribution in [0.2, 0.25) is 5.02 Å². The Kier molecular flexibility index (Phi) is 5.60. The van der Waals surface area contributed by atoms with Crippen molar-refractivity contribution in [3.05, 3.63) is 59.1 Å². The van der Waals surface area contributed by atoms with Crippen LogP contribution in [0, 0.1) is 0 Å². The molecule has 0 radical (unpaired) electrons. The standard InChI is InChI=1S/C17H15ClO5/c1-2-22-17(21)15(16(19)20)11-3-7-13(8-4-11)23-14-9-5-12(18)6-10-14/h3-10,15H,2H2,1H3,(H,19,20). The Bertz CT molecular complexity index is 679. The summed E-state index contributed by atoms with van der Waals surface area (Å²) in [5.74, 6) is -2.27. The molecule has 0 saturated carbocycles. The molecule has 0 amide bonds. The molecule has 2 rings (SSSR count). The second kappa shape index (κ2) is 7.65. The lowest BCUT2D eigenvalue weighted by Gasteiger charge is -2.12. The number of carboxylic acids is 1. The van der Waals surface area contributed by atoms with Crippen molar-refractivity contribution < 1.29 is 24.2 Å². The molecule has 0 aliphatic carbocycles. The van der Waals surface area contributed by atoms with Crippen molar-refractivity contribution in [1.82, 2.24) is 0 Å². The lowest BCUT2D eigenvalue weighted by Crippen LogP contribution is -2.23. The number of benzene rings is 2. The number of halogens is 1. The maximum Gasteiger partial charge on any atom is 0.324 e. The zero-order valence-electron chi connectivity index (χ0n) is 12.4. The molecule has 0 fully saturated rings. The minimum absolute atomic E-state index is 0.125. The largest absolute Gasteiger partial charge is 0.480 e. The zero-order chi connectivity index (χ0) is 16.8. The Morgan fingerprint density at radius 2 is 1.57 bits per heavy atom. The van der Waals surface area contributed by atoms with E-state index in [9.17, 15) is 14.7 Å². The molecule has 1 atom stereocenters. The molecule has 23 heavy (non-hydrogen) atoms. The second-order valence-electron chi connectivity index (χ2n) is 4.65. The third kappa shape index (κ3) is 4.47. The first-order valence-corrected chi connectivity index (χ1v) is 7.32. The Balaban J connectivity index is 2.15. The van der Waals surface area contributed by atoms with Crippen molar-refractivity contribution in [1.29, 1.82) is 0 Å². The molecular weight excluding hydrogens is 320 g/mol. The van der Waals surface area contributed by atoms with Gasteiger partial charge in [-0.1, -0.05) is 23.7 Å². The Morgan fingerprint density at radius 1 is 1.04 bits per heavy atom. The van der Waals surface area contributed by atoms with Crippen LogP contribution in [0.4, 0.5) is 0 Å². The van der Waals surface area contributed by atoms with E-state index in [4.69, 9.17) is 21.1 Å². The summed E-state index contributed by atoms with van der Waals surface area (Å²) in [6.45, 7) is 1.75. The van der Waals surface area contributed by atoms with Crippen molar-refractivity contribution >= 4 is 23.5 Å². The van der Waals surface area contributed by atoms with Crippen LogP contribution in [-0.2, 0) is 14.3 Å². The smallest absolute Gasteiger partial charge is 0.324 e.